The van der Waals surface area contributed by atoms with Crippen LogP contribution in [0.25, 0.3) is 0 Å². The Balaban J connectivity index is 0.000000233. The predicted octanol–water partition coefficient (Wildman–Crippen LogP) is 5.80. The Bertz CT molecular complexity index is 1180. The number of carbonyl (C=O) groups is 2. The summed E-state index contributed by atoms with van der Waals surface area (Å²) in [5.41, 5.74) is 5.00. The Morgan fingerprint density at radius 1 is 0.944 bits per heavy atom. The van der Waals surface area contributed by atoms with Crippen molar-refractivity contribution in [2.75, 3.05) is 41.4 Å². The Morgan fingerprint density at radius 2 is 1.61 bits per heavy atom. The smallest absolute Gasteiger partial charge is 0.258 e. The van der Waals surface area contributed by atoms with Gasteiger partial charge in [-0.15, -0.1) is 0 Å². The summed E-state index contributed by atoms with van der Waals surface area (Å²) in [5.74, 6) is 0.0144. The fraction of sp³-hybridized carbons (Fsp3) is 0.310. The summed E-state index contributed by atoms with van der Waals surface area (Å²) >= 11 is 5.64. The molecule has 0 unspecified atom stereocenters. The van der Waals surface area contributed by atoms with Crippen LogP contribution in [0.4, 0.5) is 17.1 Å². The molecule has 0 aromatic heterocycles. The molecule has 7 heteroatoms. The number of amides is 2. The van der Waals surface area contributed by atoms with Crippen molar-refractivity contribution < 1.29 is 14.3 Å². The van der Waals surface area contributed by atoms with E-state index < -0.39 is 0 Å². The standard InChI is InChI=1S/C21H24N2O2.C8H8ClNO/c1-16-6-7-17-4-2-3-5-20(17)23(16)21(24)18-8-10-19(11-9-18)22-12-14-25-15-13-22;1-6(11)10-8-4-2-7(9)3-5-8/h2-5,8-11,16H,6-7,12-15H2,1H3;2-5H,1H3,(H,10,11)/t16-;/m0./s1. The van der Waals surface area contributed by atoms with Gasteiger partial charge in [0.15, 0.2) is 0 Å². The van der Waals surface area contributed by atoms with Crippen LogP contribution < -0.4 is 15.1 Å². The summed E-state index contributed by atoms with van der Waals surface area (Å²) in [6.07, 6.45) is 2.05. The van der Waals surface area contributed by atoms with E-state index >= 15 is 0 Å². The fourth-order valence-electron chi connectivity index (χ4n) is 4.51. The summed E-state index contributed by atoms with van der Waals surface area (Å²) in [6, 6.07) is 23.5. The van der Waals surface area contributed by atoms with E-state index in [1.54, 1.807) is 24.3 Å². The van der Waals surface area contributed by atoms with Crippen LogP contribution in [0.1, 0.15) is 36.2 Å². The molecule has 5 rings (SSSR count). The number of hydrogen-bond acceptors (Lipinski definition) is 4. The number of benzene rings is 3. The number of halogens is 1. The molecule has 1 atom stereocenters. The third-order valence-corrected chi connectivity index (χ3v) is 6.65. The number of carbonyl (C=O) groups excluding carboxylic acids is 2. The molecule has 2 heterocycles. The first-order valence-corrected chi connectivity index (χ1v) is 12.7. The number of anilines is 3. The highest BCUT2D eigenvalue weighted by molar-refractivity contribution is 6.30. The number of hydrogen-bond donors (Lipinski definition) is 1. The van der Waals surface area contributed by atoms with Crippen LogP contribution in [-0.4, -0.2) is 44.2 Å². The van der Waals surface area contributed by atoms with Crippen LogP contribution in [-0.2, 0) is 16.0 Å². The molecular formula is C29H32ClN3O3. The molecule has 0 radical (unpaired) electrons. The monoisotopic (exact) mass is 505 g/mol. The average Bonchev–Trinajstić information content (AvgIpc) is 2.90. The van der Waals surface area contributed by atoms with Crippen LogP contribution >= 0.6 is 11.6 Å². The summed E-state index contributed by atoms with van der Waals surface area (Å²) in [7, 11) is 0. The van der Waals surface area contributed by atoms with Gasteiger partial charge in [0.05, 0.1) is 13.2 Å². The van der Waals surface area contributed by atoms with Crippen LogP contribution in [0.5, 0.6) is 0 Å². The fourth-order valence-corrected chi connectivity index (χ4v) is 4.64. The molecule has 3 aromatic rings. The summed E-state index contributed by atoms with van der Waals surface area (Å²) in [4.78, 5) is 28.0. The van der Waals surface area contributed by atoms with E-state index in [9.17, 15) is 9.59 Å². The highest BCUT2D eigenvalue weighted by Gasteiger charge is 2.28. The third-order valence-electron chi connectivity index (χ3n) is 6.40. The molecule has 0 aliphatic carbocycles. The van der Waals surface area contributed by atoms with Gasteiger partial charge in [-0.05, 0) is 79.9 Å². The number of rotatable bonds is 3. The number of morpholine rings is 1. The van der Waals surface area contributed by atoms with Crippen molar-refractivity contribution in [3.8, 4) is 0 Å². The van der Waals surface area contributed by atoms with Crippen LogP contribution in [0.15, 0.2) is 72.8 Å². The van der Waals surface area contributed by atoms with Gasteiger partial charge in [-0.25, -0.2) is 0 Å². The van der Waals surface area contributed by atoms with Gasteiger partial charge in [0.1, 0.15) is 0 Å². The molecule has 1 fully saturated rings. The normalized spacial score (nSPS) is 16.9. The van der Waals surface area contributed by atoms with Gasteiger partial charge in [0.2, 0.25) is 5.91 Å². The highest BCUT2D eigenvalue weighted by atomic mass is 35.5. The third kappa shape index (κ3) is 6.45. The molecule has 1 N–H and O–H groups in total. The topological polar surface area (TPSA) is 61.9 Å². The maximum atomic E-state index is 13.2. The molecule has 0 saturated carbocycles. The second-order valence-electron chi connectivity index (χ2n) is 9.03. The molecule has 2 aliphatic heterocycles. The van der Waals surface area contributed by atoms with E-state index in [2.05, 4.69) is 47.5 Å². The van der Waals surface area contributed by atoms with Crippen molar-refractivity contribution in [3.63, 3.8) is 0 Å². The van der Waals surface area contributed by atoms with E-state index in [1.807, 2.05) is 23.1 Å². The van der Waals surface area contributed by atoms with Gasteiger partial charge >= 0.3 is 0 Å². The quantitative estimate of drug-likeness (QED) is 0.488. The molecule has 3 aromatic carbocycles. The minimum atomic E-state index is -0.0766. The average molecular weight is 506 g/mol. The van der Waals surface area contributed by atoms with Gasteiger partial charge in [0.25, 0.3) is 5.91 Å². The molecule has 6 nitrogen and oxygen atoms in total. The van der Waals surface area contributed by atoms with Gasteiger partial charge in [-0.1, -0.05) is 29.8 Å². The Labute approximate surface area is 217 Å². The maximum absolute atomic E-state index is 13.2. The zero-order chi connectivity index (χ0) is 25.5. The first kappa shape index (κ1) is 25.7. The van der Waals surface area contributed by atoms with E-state index in [-0.39, 0.29) is 17.9 Å². The number of nitrogens with zero attached hydrogens (tertiary/aromatic N) is 2. The van der Waals surface area contributed by atoms with Crippen molar-refractivity contribution in [3.05, 3.63) is 88.9 Å². The minimum Gasteiger partial charge on any atom is -0.378 e. The predicted molar refractivity (Wildman–Crippen MR) is 146 cm³/mol. The zero-order valence-electron chi connectivity index (χ0n) is 20.7. The summed E-state index contributed by atoms with van der Waals surface area (Å²) < 4.78 is 5.41. The number of para-hydroxylation sites is 1. The van der Waals surface area contributed by atoms with Crippen LogP contribution in [0.3, 0.4) is 0 Å². The lowest BCUT2D eigenvalue weighted by Gasteiger charge is -2.35. The second-order valence-corrected chi connectivity index (χ2v) is 9.46. The number of nitrogens with one attached hydrogen (secondary N) is 1. The van der Waals surface area contributed by atoms with Crippen molar-refractivity contribution in [2.24, 2.45) is 0 Å². The molecule has 1 saturated heterocycles. The molecule has 2 amide bonds. The van der Waals surface area contributed by atoms with Crippen molar-refractivity contribution in [1.29, 1.82) is 0 Å². The van der Waals surface area contributed by atoms with Crippen molar-refractivity contribution in [2.45, 2.75) is 32.7 Å². The summed E-state index contributed by atoms with van der Waals surface area (Å²) in [6.45, 7) is 6.95. The lowest BCUT2D eigenvalue weighted by molar-refractivity contribution is -0.114. The van der Waals surface area contributed by atoms with E-state index in [1.165, 1.54) is 12.5 Å². The van der Waals surface area contributed by atoms with Gasteiger partial charge in [-0.3, -0.25) is 9.59 Å². The Morgan fingerprint density at radius 3 is 2.28 bits per heavy atom. The first-order chi connectivity index (χ1) is 17.4. The second kappa shape index (κ2) is 12.1. The van der Waals surface area contributed by atoms with E-state index in [4.69, 9.17) is 16.3 Å². The van der Waals surface area contributed by atoms with Crippen LogP contribution in [0.2, 0.25) is 5.02 Å². The molecular weight excluding hydrogens is 474 g/mol. The number of ether oxygens (including phenoxy) is 1. The van der Waals surface area contributed by atoms with Gasteiger partial charge in [0, 0.05) is 53.7 Å². The maximum Gasteiger partial charge on any atom is 0.258 e. The molecule has 0 spiro atoms. The molecule has 188 valence electrons. The van der Waals surface area contributed by atoms with Gasteiger partial charge < -0.3 is 19.9 Å². The Kier molecular flexibility index (Phi) is 8.62. The van der Waals surface area contributed by atoms with Gasteiger partial charge in [-0.2, -0.15) is 0 Å². The van der Waals surface area contributed by atoms with Crippen molar-refractivity contribution in [1.82, 2.24) is 0 Å². The lowest BCUT2D eigenvalue weighted by atomic mass is 9.95. The van der Waals surface area contributed by atoms with E-state index in [0.717, 1.165) is 61.8 Å². The number of aryl methyl sites for hydroxylation is 1. The summed E-state index contributed by atoms with van der Waals surface area (Å²) in [5, 5.41) is 3.30. The SMILES string of the molecule is CC(=O)Nc1ccc(Cl)cc1.C[C@H]1CCc2ccccc2N1C(=O)c1ccc(N2CCOCC2)cc1. The largest absolute Gasteiger partial charge is 0.378 e. The number of fused-ring (bicyclic) bond motifs is 1. The zero-order valence-corrected chi connectivity index (χ0v) is 21.5. The van der Waals surface area contributed by atoms with Crippen molar-refractivity contribution >= 4 is 40.5 Å². The molecule has 36 heavy (non-hydrogen) atoms. The molecule has 0 bridgehead atoms. The van der Waals surface area contributed by atoms with E-state index in [0.29, 0.717) is 5.02 Å². The highest BCUT2D eigenvalue weighted by Crippen LogP contribution is 2.32. The molecule has 2 aliphatic rings. The van der Waals surface area contributed by atoms with Crippen LogP contribution in [0, 0.1) is 0 Å². The minimum absolute atomic E-state index is 0.0766. The lowest BCUT2D eigenvalue weighted by Crippen LogP contribution is -2.42. The Hall–Kier alpha value is -3.35. The first-order valence-electron chi connectivity index (χ1n) is 12.3.